The summed E-state index contributed by atoms with van der Waals surface area (Å²) in [5.74, 6) is -0.310. The van der Waals surface area contributed by atoms with E-state index in [1.165, 1.54) is 28.6 Å². The fourth-order valence-electron chi connectivity index (χ4n) is 4.14. The highest BCUT2D eigenvalue weighted by Gasteiger charge is 2.42. The second kappa shape index (κ2) is 10.6. The maximum absolute atomic E-state index is 13.7. The molecule has 0 unspecified atom stereocenters. The summed E-state index contributed by atoms with van der Waals surface area (Å²) < 4.78 is 52.1. The Labute approximate surface area is 194 Å². The van der Waals surface area contributed by atoms with Crippen LogP contribution in [0.2, 0.25) is 0 Å². The molecule has 0 bridgehead atoms. The van der Waals surface area contributed by atoms with Crippen LogP contribution in [-0.2, 0) is 25.0 Å². The lowest BCUT2D eigenvalue weighted by Gasteiger charge is -2.36. The number of ether oxygens (including phenoxy) is 2. The lowest BCUT2D eigenvalue weighted by molar-refractivity contribution is -0.125. The second-order valence-electron chi connectivity index (χ2n) is 7.84. The number of amides is 1. The van der Waals surface area contributed by atoms with Crippen LogP contribution in [0, 0.1) is 5.82 Å². The first kappa shape index (κ1) is 25.1. The number of benzene rings is 2. The van der Waals surface area contributed by atoms with Crippen LogP contribution in [0.4, 0.5) is 10.1 Å². The van der Waals surface area contributed by atoms with Gasteiger partial charge < -0.3 is 14.8 Å². The van der Waals surface area contributed by atoms with Gasteiger partial charge in [0.2, 0.25) is 15.9 Å². The first-order chi connectivity index (χ1) is 15.8. The van der Waals surface area contributed by atoms with E-state index in [1.807, 2.05) is 6.92 Å². The lowest BCUT2D eigenvalue weighted by Crippen LogP contribution is -2.45. The average Bonchev–Trinajstić information content (AvgIpc) is 2.81. The molecule has 7 nitrogen and oxygen atoms in total. The molecule has 0 atom stereocenters. The maximum atomic E-state index is 13.7. The third-order valence-electron chi connectivity index (χ3n) is 6.02. The van der Waals surface area contributed by atoms with Gasteiger partial charge in [-0.3, -0.25) is 4.79 Å². The minimum absolute atomic E-state index is 0.0766. The second-order valence-corrected chi connectivity index (χ2v) is 9.77. The summed E-state index contributed by atoms with van der Waals surface area (Å²) >= 11 is 0. The van der Waals surface area contributed by atoms with E-state index in [4.69, 9.17) is 9.47 Å². The molecule has 0 saturated carbocycles. The van der Waals surface area contributed by atoms with Crippen molar-refractivity contribution in [3.05, 3.63) is 53.8 Å². The number of anilines is 1. The molecule has 1 amide bonds. The molecule has 1 aliphatic rings. The van der Waals surface area contributed by atoms with Crippen molar-refractivity contribution in [1.82, 2.24) is 4.31 Å². The molecular formula is C24H31FN2O5S. The standard InChI is InChI=1S/C24H31FN2O5S/c1-4-27(5-2)33(29,30)20-11-12-22(32-6-3)21(17-20)26-23(28)24(13-15-31-16-14-24)18-7-9-19(25)10-8-18/h7-12,17H,4-6,13-16H2,1-3H3,(H,26,28). The molecule has 3 rings (SSSR count). The molecule has 2 aromatic carbocycles. The Morgan fingerprint density at radius 3 is 2.30 bits per heavy atom. The van der Waals surface area contributed by atoms with Crippen LogP contribution in [-0.4, -0.2) is 51.5 Å². The molecule has 1 N–H and O–H groups in total. The predicted molar refractivity (Wildman–Crippen MR) is 124 cm³/mol. The Morgan fingerprint density at radius 1 is 1.09 bits per heavy atom. The van der Waals surface area contributed by atoms with E-state index in [9.17, 15) is 17.6 Å². The number of rotatable bonds is 9. The van der Waals surface area contributed by atoms with Gasteiger partial charge in [-0.05, 0) is 55.7 Å². The van der Waals surface area contributed by atoms with E-state index in [0.717, 1.165) is 0 Å². The van der Waals surface area contributed by atoms with Crippen LogP contribution in [0.5, 0.6) is 5.75 Å². The van der Waals surface area contributed by atoms with Gasteiger partial charge >= 0.3 is 0 Å². The van der Waals surface area contributed by atoms with Crippen LogP contribution in [0.3, 0.4) is 0 Å². The molecule has 0 aliphatic carbocycles. The fourth-order valence-corrected chi connectivity index (χ4v) is 5.62. The summed E-state index contributed by atoms with van der Waals surface area (Å²) in [5.41, 5.74) is 0.0426. The third-order valence-corrected chi connectivity index (χ3v) is 8.07. The number of carbonyl (C=O) groups is 1. The number of halogens is 1. The summed E-state index contributed by atoms with van der Waals surface area (Å²) in [7, 11) is -3.72. The highest BCUT2D eigenvalue weighted by Crippen LogP contribution is 2.38. The van der Waals surface area contributed by atoms with E-state index < -0.39 is 15.4 Å². The number of sulfonamides is 1. The topological polar surface area (TPSA) is 84.9 Å². The molecule has 1 heterocycles. The highest BCUT2D eigenvalue weighted by atomic mass is 32.2. The third kappa shape index (κ3) is 5.20. The zero-order chi connectivity index (χ0) is 24.1. The Kier molecular flexibility index (Phi) is 8.10. The molecule has 0 aromatic heterocycles. The average molecular weight is 479 g/mol. The number of nitrogens with zero attached hydrogens (tertiary/aromatic N) is 1. The zero-order valence-corrected chi connectivity index (χ0v) is 20.1. The van der Waals surface area contributed by atoms with Crippen LogP contribution in [0.15, 0.2) is 47.4 Å². The van der Waals surface area contributed by atoms with Gasteiger partial charge in [0.05, 0.1) is 22.6 Å². The van der Waals surface area contributed by atoms with E-state index in [-0.39, 0.29) is 22.3 Å². The number of nitrogens with one attached hydrogen (secondary N) is 1. The van der Waals surface area contributed by atoms with Crippen molar-refractivity contribution < 1.29 is 27.1 Å². The Hall–Kier alpha value is -2.49. The summed E-state index contributed by atoms with van der Waals surface area (Å²) in [6, 6.07) is 10.4. The minimum atomic E-state index is -3.72. The van der Waals surface area contributed by atoms with E-state index >= 15 is 0 Å². The van der Waals surface area contributed by atoms with E-state index in [0.29, 0.717) is 57.1 Å². The Bertz CT molecular complexity index is 1060. The number of hydrogen-bond donors (Lipinski definition) is 1. The van der Waals surface area contributed by atoms with Gasteiger partial charge in [0.25, 0.3) is 0 Å². The molecule has 180 valence electrons. The molecule has 1 fully saturated rings. The van der Waals surface area contributed by atoms with Crippen molar-refractivity contribution in [2.45, 2.75) is 43.9 Å². The van der Waals surface area contributed by atoms with Gasteiger partial charge in [0, 0.05) is 26.3 Å². The highest BCUT2D eigenvalue weighted by molar-refractivity contribution is 7.89. The summed E-state index contributed by atoms with van der Waals surface area (Å²) in [4.78, 5) is 13.7. The van der Waals surface area contributed by atoms with Crippen LogP contribution in [0.1, 0.15) is 39.2 Å². The normalized spacial score (nSPS) is 15.9. The predicted octanol–water partition coefficient (Wildman–Crippen LogP) is 3.94. The largest absolute Gasteiger partial charge is 0.492 e. The van der Waals surface area contributed by atoms with E-state index in [1.54, 1.807) is 32.0 Å². The van der Waals surface area contributed by atoms with Crippen molar-refractivity contribution in [3.8, 4) is 5.75 Å². The molecule has 1 aliphatic heterocycles. The summed E-state index contributed by atoms with van der Waals surface area (Å²) in [5, 5.41) is 2.91. The quantitative estimate of drug-likeness (QED) is 0.590. The molecule has 9 heteroatoms. The van der Waals surface area contributed by atoms with Crippen LogP contribution in [0.25, 0.3) is 0 Å². The first-order valence-corrected chi connectivity index (χ1v) is 12.6. The van der Waals surface area contributed by atoms with Gasteiger partial charge in [-0.25, -0.2) is 12.8 Å². The van der Waals surface area contributed by atoms with Gasteiger partial charge in [0.15, 0.2) is 0 Å². The Balaban J connectivity index is 2.02. The lowest BCUT2D eigenvalue weighted by atomic mass is 9.73. The van der Waals surface area contributed by atoms with E-state index in [2.05, 4.69) is 5.32 Å². The monoisotopic (exact) mass is 478 g/mol. The van der Waals surface area contributed by atoms with Gasteiger partial charge in [-0.1, -0.05) is 26.0 Å². The SMILES string of the molecule is CCOc1ccc(S(=O)(=O)N(CC)CC)cc1NC(=O)C1(c2ccc(F)cc2)CCOCC1. The smallest absolute Gasteiger partial charge is 0.243 e. The van der Waals surface area contributed by atoms with Gasteiger partial charge in [0.1, 0.15) is 11.6 Å². The molecule has 0 radical (unpaired) electrons. The maximum Gasteiger partial charge on any atom is 0.243 e. The Morgan fingerprint density at radius 2 is 1.73 bits per heavy atom. The van der Waals surface area contributed by atoms with Crippen molar-refractivity contribution in [3.63, 3.8) is 0 Å². The molecule has 2 aromatic rings. The fraction of sp³-hybridized carbons (Fsp3) is 0.458. The van der Waals surface area contributed by atoms with Crippen molar-refractivity contribution in [2.75, 3.05) is 38.2 Å². The number of hydrogen-bond acceptors (Lipinski definition) is 5. The first-order valence-electron chi connectivity index (χ1n) is 11.2. The summed E-state index contributed by atoms with van der Waals surface area (Å²) in [6.07, 6.45) is 0.845. The van der Waals surface area contributed by atoms with Crippen molar-refractivity contribution in [2.24, 2.45) is 0 Å². The molecule has 1 saturated heterocycles. The van der Waals surface area contributed by atoms with Crippen molar-refractivity contribution >= 4 is 21.6 Å². The van der Waals surface area contributed by atoms with Gasteiger partial charge in [-0.2, -0.15) is 4.31 Å². The van der Waals surface area contributed by atoms with Crippen LogP contribution >= 0.6 is 0 Å². The minimum Gasteiger partial charge on any atom is -0.492 e. The molecule has 0 spiro atoms. The summed E-state index contributed by atoms with van der Waals surface area (Å²) in [6.45, 7) is 7.15. The van der Waals surface area contributed by atoms with Crippen LogP contribution < -0.4 is 10.1 Å². The molecule has 33 heavy (non-hydrogen) atoms. The van der Waals surface area contributed by atoms with Crippen molar-refractivity contribution in [1.29, 1.82) is 0 Å². The van der Waals surface area contributed by atoms with Gasteiger partial charge in [-0.15, -0.1) is 0 Å². The number of carbonyl (C=O) groups excluding carboxylic acids is 1. The molecular weight excluding hydrogens is 447 g/mol. The zero-order valence-electron chi connectivity index (χ0n) is 19.3.